The van der Waals surface area contributed by atoms with Crippen LogP contribution in [0.5, 0.6) is 5.75 Å². The molecule has 0 atom stereocenters. The van der Waals surface area contributed by atoms with Crippen LogP contribution < -0.4 is 29.6 Å². The first-order valence-corrected chi connectivity index (χ1v) is 2.50. The molecule has 0 heterocycles. The van der Waals surface area contributed by atoms with Crippen LogP contribution in [-0.4, -0.2) is 5.11 Å². The van der Waals surface area contributed by atoms with Crippen LogP contribution in [0.1, 0.15) is 0 Å². The summed E-state index contributed by atoms with van der Waals surface area (Å²) < 4.78 is 0. The molecule has 0 saturated heterocycles. The molecular weight excluding hydrogens is 157 g/mol. The molecule has 0 aromatic heterocycles. The predicted molar refractivity (Wildman–Crippen MR) is 37.3 cm³/mol. The van der Waals surface area contributed by atoms with Gasteiger partial charge in [0, 0.05) is 0 Å². The molecule has 0 radical (unpaired) electrons. The maximum Gasteiger partial charge on any atom is 1.00 e. The number of phenolic OH excluding ortho intramolecular Hbond substituents is 1. The molecule has 54 valence electrons. The molecule has 0 bridgehead atoms. The zero-order valence-corrected chi connectivity index (χ0v) is 8.10. The van der Waals surface area contributed by atoms with Gasteiger partial charge < -0.3 is 15.2 Å². The van der Waals surface area contributed by atoms with Crippen molar-refractivity contribution in [1.82, 2.24) is 0 Å². The number of hydrogen-bond donors (Lipinski definition) is 1. The molecule has 5 heteroatoms. The number of rotatable bonds is 0. The van der Waals surface area contributed by atoms with Crippen LogP contribution in [0.25, 0.3) is 0 Å². The molecule has 1 aromatic rings. The molecule has 0 amide bonds. The van der Waals surface area contributed by atoms with E-state index in [2.05, 4.69) is 0 Å². The van der Waals surface area contributed by atoms with Gasteiger partial charge in [0.05, 0.1) is 0 Å². The van der Waals surface area contributed by atoms with Crippen molar-refractivity contribution in [3.8, 4) is 5.75 Å². The summed E-state index contributed by atoms with van der Waals surface area (Å²) in [6.45, 7) is 0. The fourth-order valence-electron chi connectivity index (χ4n) is 0.428. The molecule has 0 aliphatic rings. The largest absolute Gasteiger partial charge is 1.00 e. The minimum Gasteiger partial charge on any atom is -0.508 e. The van der Waals surface area contributed by atoms with Crippen molar-refractivity contribution in [3.63, 3.8) is 0 Å². The summed E-state index contributed by atoms with van der Waals surface area (Å²) in [6, 6.07) is 8.71. The number of phenols is 1. The topological polar surface area (TPSA) is 72.7 Å². The first-order chi connectivity index (χ1) is 4.81. The number of aromatic hydroxyl groups is 1. The Balaban J connectivity index is 0. The van der Waals surface area contributed by atoms with E-state index in [-0.39, 0.29) is 29.6 Å². The van der Waals surface area contributed by atoms with Gasteiger partial charge in [0.2, 0.25) is 0 Å². The van der Waals surface area contributed by atoms with Gasteiger partial charge in [0.25, 0.3) is 0 Å². The van der Waals surface area contributed by atoms with Crippen molar-refractivity contribution in [2.45, 2.75) is 0 Å². The van der Waals surface area contributed by atoms with Gasteiger partial charge in [-0.3, -0.25) is 0 Å². The van der Waals surface area contributed by atoms with Gasteiger partial charge in [-0.1, -0.05) is 18.2 Å². The van der Waals surface area contributed by atoms with E-state index in [0.29, 0.717) is 5.75 Å². The van der Waals surface area contributed by atoms with E-state index in [4.69, 9.17) is 15.2 Å². The van der Waals surface area contributed by atoms with E-state index < -0.39 is 0 Å². The summed E-state index contributed by atoms with van der Waals surface area (Å²) in [5.74, 6) is 0.322. The van der Waals surface area contributed by atoms with Gasteiger partial charge in [-0.15, -0.1) is 5.34 Å². The van der Waals surface area contributed by atoms with Gasteiger partial charge >= 0.3 is 29.6 Å². The summed E-state index contributed by atoms with van der Waals surface area (Å²) in [5.41, 5.74) is 0. The Hall–Kier alpha value is -0.580. The molecule has 0 aliphatic carbocycles. The molecular formula is C6H6NNaO3. The molecule has 0 fully saturated rings. The number of benzene rings is 1. The van der Waals surface area contributed by atoms with Crippen LogP contribution in [0.3, 0.4) is 0 Å². The molecule has 0 unspecified atom stereocenters. The fourth-order valence-corrected chi connectivity index (χ4v) is 0.428. The summed E-state index contributed by atoms with van der Waals surface area (Å²) in [5, 5.41) is 17.6. The van der Waals surface area contributed by atoms with Crippen molar-refractivity contribution in [1.29, 1.82) is 0 Å². The predicted octanol–water partition coefficient (Wildman–Crippen LogP) is -1.35. The molecule has 4 nitrogen and oxygen atoms in total. The Morgan fingerprint density at radius 3 is 1.82 bits per heavy atom. The Morgan fingerprint density at radius 2 is 1.64 bits per heavy atom. The maximum atomic E-state index is 8.63. The van der Waals surface area contributed by atoms with Crippen LogP contribution in [0.4, 0.5) is 0 Å². The molecule has 1 aromatic carbocycles. The van der Waals surface area contributed by atoms with Crippen LogP contribution in [0, 0.1) is 10.1 Å². The molecule has 0 spiro atoms. The van der Waals surface area contributed by atoms with Crippen LogP contribution in [0.15, 0.2) is 35.7 Å². The minimum atomic E-state index is 0. The van der Waals surface area contributed by atoms with E-state index in [9.17, 15) is 0 Å². The fraction of sp³-hybridized carbons (Fsp3) is 0. The van der Waals surface area contributed by atoms with Crippen molar-refractivity contribution < 1.29 is 34.7 Å². The quantitative estimate of drug-likeness (QED) is 0.292. The van der Waals surface area contributed by atoms with Crippen molar-refractivity contribution in [2.24, 2.45) is 5.34 Å². The van der Waals surface area contributed by atoms with Crippen molar-refractivity contribution in [3.05, 3.63) is 40.4 Å². The SMILES string of the molecule is O=N[O-].Oc1ccccc1.[Na+]. The van der Waals surface area contributed by atoms with Gasteiger partial charge in [-0.25, -0.2) is 0 Å². The molecule has 11 heavy (non-hydrogen) atoms. The zero-order chi connectivity index (χ0) is 7.82. The number of hydrogen-bond acceptors (Lipinski definition) is 4. The first-order valence-electron chi connectivity index (χ1n) is 2.50. The van der Waals surface area contributed by atoms with E-state index in [1.165, 1.54) is 0 Å². The standard InChI is InChI=1S/C6H6O.HNO2.Na/c7-6-4-2-1-3-5-6;2-1-3;/h1-5,7H;(H,2,3);/q;;+1/p-1. The average Bonchev–Trinajstić information content (AvgIpc) is 1.91. The van der Waals surface area contributed by atoms with E-state index in [1.807, 2.05) is 6.07 Å². The summed E-state index contributed by atoms with van der Waals surface area (Å²) in [4.78, 5) is 8.00. The summed E-state index contributed by atoms with van der Waals surface area (Å²) >= 11 is 0. The molecule has 1 rings (SSSR count). The van der Waals surface area contributed by atoms with Crippen molar-refractivity contribution in [2.75, 3.05) is 0 Å². The smallest absolute Gasteiger partial charge is 0.508 e. The average molecular weight is 163 g/mol. The second-order valence-corrected chi connectivity index (χ2v) is 1.41. The van der Waals surface area contributed by atoms with Gasteiger partial charge in [0.1, 0.15) is 5.75 Å². The number of nitrogens with zero attached hydrogens (tertiary/aromatic N) is 1. The maximum absolute atomic E-state index is 8.63. The van der Waals surface area contributed by atoms with Gasteiger partial charge in [-0.05, 0) is 12.1 Å². The van der Waals surface area contributed by atoms with Crippen LogP contribution in [-0.2, 0) is 0 Å². The normalized spacial score (nSPS) is 6.55. The summed E-state index contributed by atoms with van der Waals surface area (Å²) in [7, 11) is 0. The van der Waals surface area contributed by atoms with Gasteiger partial charge in [0.15, 0.2) is 0 Å². The molecule has 0 saturated carbocycles. The van der Waals surface area contributed by atoms with E-state index in [0.717, 1.165) is 5.34 Å². The first kappa shape index (κ1) is 13.0. The zero-order valence-electron chi connectivity index (χ0n) is 6.10. The Kier molecular flexibility index (Phi) is 11.2. The molecule has 0 aliphatic heterocycles. The third-order valence-corrected chi connectivity index (χ3v) is 0.756. The van der Waals surface area contributed by atoms with E-state index in [1.54, 1.807) is 24.3 Å². The third kappa shape index (κ3) is 9.42. The Bertz CT molecular complexity index is 180. The van der Waals surface area contributed by atoms with Gasteiger partial charge in [-0.2, -0.15) is 0 Å². The Morgan fingerprint density at radius 1 is 1.27 bits per heavy atom. The molecule has 1 N–H and O–H groups in total. The van der Waals surface area contributed by atoms with Crippen molar-refractivity contribution >= 4 is 0 Å². The minimum absolute atomic E-state index is 0. The van der Waals surface area contributed by atoms with Crippen LogP contribution in [0.2, 0.25) is 0 Å². The number of para-hydroxylation sites is 1. The van der Waals surface area contributed by atoms with Crippen LogP contribution >= 0.6 is 0 Å². The summed E-state index contributed by atoms with van der Waals surface area (Å²) in [6.07, 6.45) is 0. The van der Waals surface area contributed by atoms with E-state index >= 15 is 0 Å². The second kappa shape index (κ2) is 9.42. The third-order valence-electron chi connectivity index (χ3n) is 0.756. The second-order valence-electron chi connectivity index (χ2n) is 1.41. The monoisotopic (exact) mass is 163 g/mol. The Labute approximate surface area is 86.1 Å².